The highest BCUT2D eigenvalue weighted by Gasteiger charge is 2.13. The second kappa shape index (κ2) is 8.10. The summed E-state index contributed by atoms with van der Waals surface area (Å²) < 4.78 is 39.0. The lowest BCUT2D eigenvalue weighted by Gasteiger charge is -2.10. The van der Waals surface area contributed by atoms with Crippen LogP contribution in [0.5, 0.6) is 17.2 Å². The zero-order chi connectivity index (χ0) is 17.5. The smallest absolute Gasteiger partial charge is 0.387 e. The summed E-state index contributed by atoms with van der Waals surface area (Å²) in [6, 6.07) is 11.2. The molecule has 2 aromatic rings. The summed E-state index contributed by atoms with van der Waals surface area (Å²) in [5.41, 5.74) is 1.10. The van der Waals surface area contributed by atoms with Gasteiger partial charge in [0.05, 0.1) is 14.2 Å². The lowest BCUT2D eigenvalue weighted by atomic mass is 10.1. The number of alkyl halides is 2. The minimum absolute atomic E-state index is 0.0657. The Labute approximate surface area is 138 Å². The van der Waals surface area contributed by atoms with Crippen molar-refractivity contribution in [2.45, 2.75) is 6.61 Å². The van der Waals surface area contributed by atoms with Gasteiger partial charge >= 0.3 is 6.61 Å². The zero-order valence-corrected chi connectivity index (χ0v) is 13.2. The summed E-state index contributed by atoms with van der Waals surface area (Å²) in [5, 5.41) is 0. The van der Waals surface area contributed by atoms with Crippen molar-refractivity contribution in [2.75, 3.05) is 14.2 Å². The Morgan fingerprint density at radius 2 is 1.83 bits per heavy atom. The van der Waals surface area contributed by atoms with Gasteiger partial charge in [-0.3, -0.25) is 4.79 Å². The fourth-order valence-corrected chi connectivity index (χ4v) is 2.03. The van der Waals surface area contributed by atoms with E-state index in [9.17, 15) is 13.6 Å². The molecule has 0 N–H and O–H groups in total. The van der Waals surface area contributed by atoms with E-state index in [4.69, 9.17) is 9.47 Å². The Bertz CT molecular complexity index is 742. The number of benzene rings is 2. The normalized spacial score (nSPS) is 10.9. The Hall–Kier alpha value is -2.89. The molecule has 0 aliphatic carbocycles. The van der Waals surface area contributed by atoms with Crippen molar-refractivity contribution < 1.29 is 27.8 Å². The molecule has 0 amide bonds. The second-order valence-corrected chi connectivity index (χ2v) is 4.72. The van der Waals surface area contributed by atoms with Gasteiger partial charge in [-0.2, -0.15) is 8.78 Å². The molecule has 126 valence electrons. The van der Waals surface area contributed by atoms with Crippen molar-refractivity contribution in [3.05, 3.63) is 59.7 Å². The molecule has 0 aromatic heterocycles. The van der Waals surface area contributed by atoms with E-state index in [-0.39, 0.29) is 17.3 Å². The van der Waals surface area contributed by atoms with E-state index in [1.54, 1.807) is 25.3 Å². The summed E-state index contributed by atoms with van der Waals surface area (Å²) in [6.07, 6.45) is 3.03. The number of hydrogen-bond donors (Lipinski definition) is 0. The summed E-state index contributed by atoms with van der Waals surface area (Å²) in [5.74, 6) is 0.330. The molecular formula is C18H16F2O4. The van der Waals surface area contributed by atoms with Gasteiger partial charge in [-0.15, -0.1) is 0 Å². The Kier molecular flexibility index (Phi) is 5.89. The molecule has 0 unspecified atom stereocenters. The largest absolute Gasteiger partial charge is 0.497 e. The van der Waals surface area contributed by atoms with Gasteiger partial charge in [0, 0.05) is 5.56 Å². The third-order valence-electron chi connectivity index (χ3n) is 3.19. The zero-order valence-electron chi connectivity index (χ0n) is 13.2. The number of ether oxygens (including phenoxy) is 3. The highest BCUT2D eigenvalue weighted by Crippen LogP contribution is 2.29. The highest BCUT2D eigenvalue weighted by molar-refractivity contribution is 6.07. The average molecular weight is 334 g/mol. The molecule has 4 nitrogen and oxygen atoms in total. The summed E-state index contributed by atoms with van der Waals surface area (Å²) in [4.78, 5) is 12.2. The third kappa shape index (κ3) is 4.55. The van der Waals surface area contributed by atoms with Crippen LogP contribution in [0.4, 0.5) is 8.78 Å². The van der Waals surface area contributed by atoms with Gasteiger partial charge < -0.3 is 14.2 Å². The molecule has 2 rings (SSSR count). The van der Waals surface area contributed by atoms with Crippen molar-refractivity contribution in [2.24, 2.45) is 0 Å². The second-order valence-electron chi connectivity index (χ2n) is 4.72. The van der Waals surface area contributed by atoms with E-state index in [1.165, 1.54) is 31.4 Å². The highest BCUT2D eigenvalue weighted by atomic mass is 19.3. The maximum Gasteiger partial charge on any atom is 0.387 e. The quantitative estimate of drug-likeness (QED) is 0.562. The minimum Gasteiger partial charge on any atom is -0.497 e. The van der Waals surface area contributed by atoms with Crippen molar-refractivity contribution >= 4 is 11.9 Å². The predicted octanol–water partition coefficient (Wildman–Crippen LogP) is 4.20. The maximum absolute atomic E-state index is 12.3. The van der Waals surface area contributed by atoms with E-state index in [1.807, 2.05) is 12.1 Å². The molecule has 0 fully saturated rings. The number of hydrogen-bond acceptors (Lipinski definition) is 4. The first-order chi connectivity index (χ1) is 11.5. The SMILES string of the molecule is COc1cccc(C=CC(=O)c2ccc(OC(F)F)c(OC)c2)c1. The van der Waals surface area contributed by atoms with Crippen LogP contribution in [0.25, 0.3) is 6.08 Å². The van der Waals surface area contributed by atoms with Crippen LogP contribution in [0.2, 0.25) is 0 Å². The van der Waals surface area contributed by atoms with Crippen LogP contribution in [0.15, 0.2) is 48.5 Å². The Morgan fingerprint density at radius 1 is 1.04 bits per heavy atom. The lowest BCUT2D eigenvalue weighted by Crippen LogP contribution is -2.04. The number of methoxy groups -OCH3 is 2. The van der Waals surface area contributed by atoms with Crippen molar-refractivity contribution in [1.82, 2.24) is 0 Å². The van der Waals surface area contributed by atoms with E-state index < -0.39 is 6.61 Å². The third-order valence-corrected chi connectivity index (χ3v) is 3.19. The van der Waals surface area contributed by atoms with Crippen molar-refractivity contribution in [3.63, 3.8) is 0 Å². The molecular weight excluding hydrogens is 318 g/mol. The molecule has 0 aliphatic rings. The molecule has 0 bridgehead atoms. The van der Waals surface area contributed by atoms with E-state index >= 15 is 0 Å². The molecule has 0 heterocycles. The van der Waals surface area contributed by atoms with Crippen LogP contribution < -0.4 is 14.2 Å². The molecule has 6 heteroatoms. The fourth-order valence-electron chi connectivity index (χ4n) is 2.03. The minimum atomic E-state index is -2.96. The first-order valence-corrected chi connectivity index (χ1v) is 7.03. The predicted molar refractivity (Wildman–Crippen MR) is 86.0 cm³/mol. The summed E-state index contributed by atoms with van der Waals surface area (Å²) >= 11 is 0. The van der Waals surface area contributed by atoms with Crippen LogP contribution in [0, 0.1) is 0 Å². The number of carbonyl (C=O) groups is 1. The van der Waals surface area contributed by atoms with Gasteiger partial charge in [0.1, 0.15) is 5.75 Å². The van der Waals surface area contributed by atoms with E-state index in [0.717, 1.165) is 5.56 Å². The number of carbonyl (C=O) groups excluding carboxylic acids is 1. The maximum atomic E-state index is 12.3. The van der Waals surface area contributed by atoms with Gasteiger partial charge in [-0.1, -0.05) is 18.2 Å². The van der Waals surface area contributed by atoms with Gasteiger partial charge in [0.2, 0.25) is 0 Å². The van der Waals surface area contributed by atoms with Crippen LogP contribution in [0.1, 0.15) is 15.9 Å². The molecule has 0 atom stereocenters. The van der Waals surface area contributed by atoms with Crippen molar-refractivity contribution in [3.8, 4) is 17.2 Å². The molecule has 0 spiro atoms. The summed E-state index contributed by atoms with van der Waals surface area (Å²) in [6.45, 7) is -2.96. The van der Waals surface area contributed by atoms with E-state index in [2.05, 4.69) is 4.74 Å². The van der Waals surface area contributed by atoms with Crippen LogP contribution in [-0.4, -0.2) is 26.6 Å². The molecule has 24 heavy (non-hydrogen) atoms. The number of allylic oxidation sites excluding steroid dienone is 1. The molecule has 0 saturated carbocycles. The number of rotatable bonds is 7. The lowest BCUT2D eigenvalue weighted by molar-refractivity contribution is -0.0512. The first-order valence-electron chi connectivity index (χ1n) is 7.03. The van der Waals surface area contributed by atoms with Crippen molar-refractivity contribution in [1.29, 1.82) is 0 Å². The van der Waals surface area contributed by atoms with Gasteiger partial charge in [-0.25, -0.2) is 0 Å². The van der Waals surface area contributed by atoms with Crippen LogP contribution in [0.3, 0.4) is 0 Å². The monoisotopic (exact) mass is 334 g/mol. The number of ketones is 1. The topological polar surface area (TPSA) is 44.8 Å². The number of halogens is 2. The molecule has 2 aromatic carbocycles. The molecule has 0 saturated heterocycles. The van der Waals surface area contributed by atoms with Gasteiger partial charge in [0.25, 0.3) is 0 Å². The van der Waals surface area contributed by atoms with E-state index in [0.29, 0.717) is 11.3 Å². The Balaban J connectivity index is 2.18. The fraction of sp³-hybridized carbons (Fsp3) is 0.167. The molecule has 0 radical (unpaired) electrons. The van der Waals surface area contributed by atoms with Crippen LogP contribution in [-0.2, 0) is 0 Å². The van der Waals surface area contributed by atoms with Gasteiger partial charge in [0.15, 0.2) is 17.3 Å². The van der Waals surface area contributed by atoms with Crippen LogP contribution >= 0.6 is 0 Å². The molecule has 0 aliphatic heterocycles. The Morgan fingerprint density at radius 3 is 2.50 bits per heavy atom. The summed E-state index contributed by atoms with van der Waals surface area (Å²) in [7, 11) is 2.87. The average Bonchev–Trinajstić information content (AvgIpc) is 2.59. The standard InChI is InChI=1S/C18H16F2O4/c1-22-14-5-3-4-12(10-14)6-8-15(21)13-7-9-16(24-18(19)20)17(11-13)23-2/h3-11,18H,1-2H3. The first kappa shape index (κ1) is 17.5. The van der Waals surface area contributed by atoms with Gasteiger partial charge in [-0.05, 0) is 42.0 Å².